The predicted molar refractivity (Wildman–Crippen MR) is 63.0 cm³/mol. The van der Waals surface area contributed by atoms with E-state index < -0.39 is 0 Å². The molecule has 1 aromatic carbocycles. The Labute approximate surface area is 95.6 Å². The monoisotopic (exact) mass is 229 g/mol. The summed E-state index contributed by atoms with van der Waals surface area (Å²) in [6.07, 6.45) is 0.708. The van der Waals surface area contributed by atoms with Crippen LogP contribution in [0.5, 0.6) is 0 Å². The molecule has 15 heavy (non-hydrogen) atoms. The lowest BCUT2D eigenvalue weighted by Crippen LogP contribution is -2.38. The molecule has 0 unspecified atom stereocenters. The van der Waals surface area contributed by atoms with E-state index in [2.05, 4.69) is 19.2 Å². The van der Waals surface area contributed by atoms with E-state index in [9.17, 15) is 4.39 Å². The van der Waals surface area contributed by atoms with Crippen LogP contribution < -0.4 is 5.32 Å². The maximum absolute atomic E-state index is 13.4. The standard InChI is InChI=1S/C12H17ClFN/c1-8-5-10(13)9(6-11(8)14)7-12(2,3)15-4/h5-6,15H,7H2,1-4H3. The molecular formula is C12H17ClFN. The molecule has 84 valence electrons. The van der Waals surface area contributed by atoms with Gasteiger partial charge in [0, 0.05) is 10.6 Å². The summed E-state index contributed by atoms with van der Waals surface area (Å²) in [6.45, 7) is 5.83. The molecule has 1 aromatic rings. The number of nitrogens with one attached hydrogen (secondary N) is 1. The highest BCUT2D eigenvalue weighted by atomic mass is 35.5. The van der Waals surface area contributed by atoms with Gasteiger partial charge < -0.3 is 5.32 Å². The van der Waals surface area contributed by atoms with E-state index >= 15 is 0 Å². The topological polar surface area (TPSA) is 12.0 Å². The number of aryl methyl sites for hydroxylation is 1. The van der Waals surface area contributed by atoms with Gasteiger partial charge in [0.1, 0.15) is 5.82 Å². The summed E-state index contributed by atoms with van der Waals surface area (Å²) >= 11 is 6.07. The lowest BCUT2D eigenvalue weighted by Gasteiger charge is -2.24. The molecule has 0 aliphatic rings. The van der Waals surface area contributed by atoms with Crippen molar-refractivity contribution in [3.8, 4) is 0 Å². The largest absolute Gasteiger partial charge is 0.314 e. The molecule has 1 nitrogen and oxygen atoms in total. The maximum Gasteiger partial charge on any atom is 0.126 e. The van der Waals surface area contributed by atoms with E-state index in [0.29, 0.717) is 17.0 Å². The molecule has 0 radical (unpaired) electrons. The number of hydrogen-bond donors (Lipinski definition) is 1. The van der Waals surface area contributed by atoms with Gasteiger partial charge in [0.2, 0.25) is 0 Å². The van der Waals surface area contributed by atoms with Crippen LogP contribution in [0, 0.1) is 12.7 Å². The quantitative estimate of drug-likeness (QED) is 0.839. The van der Waals surface area contributed by atoms with Gasteiger partial charge in [-0.25, -0.2) is 4.39 Å². The summed E-state index contributed by atoms with van der Waals surface area (Å²) in [5.74, 6) is -0.193. The van der Waals surface area contributed by atoms with Crippen LogP contribution in [-0.4, -0.2) is 12.6 Å². The van der Waals surface area contributed by atoms with Crippen molar-refractivity contribution in [1.29, 1.82) is 0 Å². The molecule has 0 fully saturated rings. The second-order valence-electron chi connectivity index (χ2n) is 4.50. The number of hydrogen-bond acceptors (Lipinski definition) is 1. The first-order chi connectivity index (χ1) is 6.85. The number of benzene rings is 1. The Kier molecular flexibility index (Phi) is 3.74. The second-order valence-corrected chi connectivity index (χ2v) is 4.91. The molecule has 0 heterocycles. The smallest absolute Gasteiger partial charge is 0.126 e. The van der Waals surface area contributed by atoms with Gasteiger partial charge in [-0.2, -0.15) is 0 Å². The van der Waals surface area contributed by atoms with E-state index in [0.717, 1.165) is 5.56 Å². The van der Waals surface area contributed by atoms with Gasteiger partial charge in [-0.1, -0.05) is 11.6 Å². The first kappa shape index (κ1) is 12.5. The Morgan fingerprint density at radius 1 is 1.40 bits per heavy atom. The summed E-state index contributed by atoms with van der Waals surface area (Å²) in [5, 5.41) is 3.81. The zero-order chi connectivity index (χ0) is 11.6. The van der Waals surface area contributed by atoms with Crippen molar-refractivity contribution < 1.29 is 4.39 Å². The molecule has 0 amide bonds. The van der Waals surface area contributed by atoms with E-state index in [1.54, 1.807) is 13.0 Å². The number of halogens is 2. The summed E-state index contributed by atoms with van der Waals surface area (Å²) < 4.78 is 13.4. The van der Waals surface area contributed by atoms with Crippen LogP contribution >= 0.6 is 11.6 Å². The van der Waals surface area contributed by atoms with Crippen molar-refractivity contribution in [2.45, 2.75) is 32.7 Å². The van der Waals surface area contributed by atoms with Crippen molar-refractivity contribution >= 4 is 11.6 Å². The van der Waals surface area contributed by atoms with Gasteiger partial charge in [-0.05, 0) is 57.5 Å². The highest BCUT2D eigenvalue weighted by Crippen LogP contribution is 2.24. The molecule has 0 bridgehead atoms. The number of rotatable bonds is 3. The summed E-state index contributed by atoms with van der Waals surface area (Å²) in [4.78, 5) is 0. The van der Waals surface area contributed by atoms with Crippen LogP contribution in [0.3, 0.4) is 0 Å². The lowest BCUT2D eigenvalue weighted by atomic mass is 9.94. The van der Waals surface area contributed by atoms with Crippen LogP contribution in [0.15, 0.2) is 12.1 Å². The minimum Gasteiger partial charge on any atom is -0.314 e. The Hall–Kier alpha value is -0.600. The van der Waals surface area contributed by atoms with Gasteiger partial charge in [-0.3, -0.25) is 0 Å². The van der Waals surface area contributed by atoms with Crippen molar-refractivity contribution in [3.05, 3.63) is 34.1 Å². The average Bonchev–Trinajstić information content (AvgIpc) is 2.14. The molecule has 0 saturated heterocycles. The minimum absolute atomic E-state index is 0.0780. The Balaban J connectivity index is 3.01. The second kappa shape index (κ2) is 4.50. The van der Waals surface area contributed by atoms with Gasteiger partial charge >= 0.3 is 0 Å². The normalized spacial score (nSPS) is 11.9. The van der Waals surface area contributed by atoms with Crippen molar-refractivity contribution in [2.24, 2.45) is 0 Å². The molecule has 0 atom stereocenters. The molecule has 0 aliphatic heterocycles. The highest BCUT2D eigenvalue weighted by Gasteiger charge is 2.18. The zero-order valence-corrected chi connectivity index (χ0v) is 10.4. The fraction of sp³-hybridized carbons (Fsp3) is 0.500. The van der Waals surface area contributed by atoms with Crippen molar-refractivity contribution in [1.82, 2.24) is 5.32 Å². The lowest BCUT2D eigenvalue weighted by molar-refractivity contribution is 0.421. The molecule has 0 aromatic heterocycles. The fourth-order valence-electron chi connectivity index (χ4n) is 1.39. The molecule has 0 spiro atoms. The third-order valence-corrected chi connectivity index (χ3v) is 2.99. The molecule has 1 rings (SSSR count). The Morgan fingerprint density at radius 2 is 2.00 bits per heavy atom. The van der Waals surface area contributed by atoms with Crippen LogP contribution in [0.4, 0.5) is 4.39 Å². The van der Waals surface area contributed by atoms with Crippen LogP contribution in [0.25, 0.3) is 0 Å². The average molecular weight is 230 g/mol. The van der Waals surface area contributed by atoms with E-state index in [4.69, 9.17) is 11.6 Å². The maximum atomic E-state index is 13.4. The van der Waals surface area contributed by atoms with E-state index in [-0.39, 0.29) is 11.4 Å². The van der Waals surface area contributed by atoms with Gasteiger partial charge in [0.15, 0.2) is 0 Å². The zero-order valence-electron chi connectivity index (χ0n) is 9.62. The van der Waals surface area contributed by atoms with Gasteiger partial charge in [-0.15, -0.1) is 0 Å². The van der Waals surface area contributed by atoms with Crippen molar-refractivity contribution in [2.75, 3.05) is 7.05 Å². The molecular weight excluding hydrogens is 213 g/mol. The molecule has 1 N–H and O–H groups in total. The molecule has 3 heteroatoms. The number of likely N-dealkylation sites (N-methyl/N-ethyl adjacent to an activating group) is 1. The minimum atomic E-state index is -0.193. The van der Waals surface area contributed by atoms with E-state index in [1.807, 2.05) is 7.05 Å². The first-order valence-corrected chi connectivity index (χ1v) is 5.37. The highest BCUT2D eigenvalue weighted by molar-refractivity contribution is 6.31. The fourth-order valence-corrected chi connectivity index (χ4v) is 1.67. The summed E-state index contributed by atoms with van der Waals surface area (Å²) in [7, 11) is 1.89. The van der Waals surface area contributed by atoms with Crippen molar-refractivity contribution in [3.63, 3.8) is 0 Å². The Bertz CT molecular complexity index is 361. The summed E-state index contributed by atoms with van der Waals surface area (Å²) in [6, 6.07) is 3.20. The van der Waals surface area contributed by atoms with Crippen LogP contribution in [-0.2, 0) is 6.42 Å². The molecule has 0 aliphatic carbocycles. The van der Waals surface area contributed by atoms with E-state index in [1.165, 1.54) is 6.07 Å². The van der Waals surface area contributed by atoms with Crippen LogP contribution in [0.1, 0.15) is 25.0 Å². The third kappa shape index (κ3) is 3.18. The first-order valence-electron chi connectivity index (χ1n) is 4.99. The molecule has 0 saturated carbocycles. The third-order valence-electron chi connectivity index (χ3n) is 2.64. The van der Waals surface area contributed by atoms with Gasteiger partial charge in [0.05, 0.1) is 0 Å². The SMILES string of the molecule is CNC(C)(C)Cc1cc(F)c(C)cc1Cl. The van der Waals surface area contributed by atoms with Gasteiger partial charge in [0.25, 0.3) is 0 Å². The summed E-state index contributed by atoms with van der Waals surface area (Å²) in [5.41, 5.74) is 1.36. The Morgan fingerprint density at radius 3 is 2.53 bits per heavy atom. The van der Waals surface area contributed by atoms with Crippen LogP contribution in [0.2, 0.25) is 5.02 Å². The predicted octanol–water partition coefficient (Wildman–Crippen LogP) is 3.33.